The second-order valence-electron chi connectivity index (χ2n) is 50.2. The first-order chi connectivity index (χ1) is 70.8. The van der Waals surface area contributed by atoms with Crippen molar-refractivity contribution in [3.8, 4) is 118 Å². The minimum absolute atomic E-state index is 0.143. The monoisotopic (exact) mass is 1930 g/mol. The number of nitrogens with zero attached hydrogens (tertiary/aromatic N) is 6. The van der Waals surface area contributed by atoms with Gasteiger partial charge in [-0.15, -0.1) is 0 Å². The topological polar surface area (TPSA) is 44.5 Å². The predicted molar refractivity (Wildman–Crippen MR) is 639 cm³/mol. The molecule has 0 radical (unpaired) electrons. The van der Waals surface area contributed by atoms with Gasteiger partial charge in [-0.05, 0) is 316 Å². The quantitative estimate of drug-likeness (QED) is 0.0854. The first-order valence-corrected chi connectivity index (χ1v) is 53.1. The third-order valence-electron chi connectivity index (χ3n) is 31.5. The van der Waals surface area contributed by atoms with E-state index in [1.807, 2.05) is 24.3 Å². The van der Waals surface area contributed by atoms with Gasteiger partial charge in [-0.25, -0.2) is 4.85 Å². The van der Waals surface area contributed by atoms with Crippen LogP contribution in [0.25, 0.3) is 160 Å². The van der Waals surface area contributed by atoms with Crippen LogP contribution in [0.2, 0.25) is 0 Å². The Balaban J connectivity index is 0.976. The molecule has 6 nitrogen and oxygen atoms in total. The van der Waals surface area contributed by atoms with Crippen molar-refractivity contribution in [2.45, 2.75) is 209 Å². The van der Waals surface area contributed by atoms with Gasteiger partial charge in [0.1, 0.15) is 0 Å². The zero-order chi connectivity index (χ0) is 105. The summed E-state index contributed by atoms with van der Waals surface area (Å²) in [6.07, 6.45) is 0. The third kappa shape index (κ3) is 17.9. The van der Waals surface area contributed by atoms with Crippen LogP contribution in [0.15, 0.2) is 370 Å². The van der Waals surface area contributed by atoms with Crippen LogP contribution in [0.1, 0.15) is 216 Å². The van der Waals surface area contributed by atoms with Gasteiger partial charge in [-0.1, -0.05) is 403 Å². The summed E-state index contributed by atoms with van der Waals surface area (Å²) in [6, 6.07) is 145. The second kappa shape index (κ2) is 36.1. The Morgan fingerprint density at radius 3 is 0.819 bits per heavy atom. The van der Waals surface area contributed by atoms with E-state index in [1.165, 1.54) is 66.1 Å². The Bertz CT molecular complexity index is 8180. The van der Waals surface area contributed by atoms with E-state index in [-0.39, 0.29) is 43.3 Å². The molecule has 0 unspecified atom stereocenters. The number of nitriles is 1. The highest BCUT2D eigenvalue weighted by molar-refractivity contribution is 7.00. The molecule has 7 heteroatoms. The summed E-state index contributed by atoms with van der Waals surface area (Å²) in [6.45, 7) is 64.4. The number of benzene rings is 18. The SMILES string of the molecule is [C-]#[N+]c1ccc(-c2cc(-c3cccc(-c4ccccc4)c3)c(N3c4cc(-n5c6ccc(C(C)(C)C)cc6c6cc(C(C)(C)C)ccc65)ccc4B4c5ccc(-n6c7ccc(C(C)(C)C)cc7c7cc(C(C)(C)C)ccc76)cc5N(c5c(-c6cccc(-c7ccccc7)c6)cc(-c6ccc(C#N)cc6)cc5-c5cc(C(C)(C)C)cc(C(C)(C)C)c5)c5cc(-c6ccccc6)cc3c54)c(-c3cc(C(C)(C)C)cc(C(C)(C)C)c3)c2)cc1. The minimum Gasteiger partial charge on any atom is -0.310 e. The number of anilines is 6. The fraction of sp³-hybridized carbons (Fsp3) is 0.225. The molecule has 18 aromatic carbocycles. The lowest BCUT2D eigenvalue weighted by Crippen LogP contribution is -2.61. The van der Waals surface area contributed by atoms with Crippen LogP contribution < -0.4 is 26.2 Å². The van der Waals surface area contributed by atoms with Crippen molar-refractivity contribution in [1.29, 1.82) is 5.26 Å². The van der Waals surface area contributed by atoms with E-state index in [1.54, 1.807) is 0 Å². The summed E-state index contributed by atoms with van der Waals surface area (Å²) < 4.78 is 5.15. The molecule has 0 fully saturated rings. The van der Waals surface area contributed by atoms with Gasteiger partial charge in [0.15, 0.2) is 5.69 Å². The molecule has 4 heterocycles. The average molecular weight is 1930 g/mol. The Hall–Kier alpha value is -15.8. The zero-order valence-electron chi connectivity index (χ0n) is 91.0. The maximum atomic E-state index is 10.7. The van der Waals surface area contributed by atoms with Crippen molar-refractivity contribution < 1.29 is 0 Å². The van der Waals surface area contributed by atoms with Crippen molar-refractivity contribution in [1.82, 2.24) is 9.13 Å². The molecule has 0 saturated heterocycles. The summed E-state index contributed by atoms with van der Waals surface area (Å²) >= 11 is 0. The molecule has 2 aliphatic rings. The molecule has 0 spiro atoms. The number of hydrogen-bond acceptors (Lipinski definition) is 3. The van der Waals surface area contributed by atoms with Crippen LogP contribution in [-0.4, -0.2) is 15.8 Å². The maximum absolute atomic E-state index is 10.7. The van der Waals surface area contributed by atoms with Crippen LogP contribution in [0.4, 0.5) is 39.8 Å². The largest absolute Gasteiger partial charge is 0.310 e. The molecule has 0 amide bonds. The molecular formula is C142H133BN6. The van der Waals surface area contributed by atoms with Gasteiger partial charge in [0.2, 0.25) is 0 Å². The molecule has 0 atom stereocenters. The first kappa shape index (κ1) is 97.9. The van der Waals surface area contributed by atoms with Gasteiger partial charge in [0, 0.05) is 77.9 Å². The molecule has 2 aliphatic heterocycles. The maximum Gasteiger partial charge on any atom is 0.252 e. The van der Waals surface area contributed by atoms with Crippen LogP contribution in [-0.2, 0) is 43.3 Å². The highest BCUT2D eigenvalue weighted by Gasteiger charge is 2.47. The highest BCUT2D eigenvalue weighted by Crippen LogP contribution is 2.58. The lowest BCUT2D eigenvalue weighted by Gasteiger charge is -2.46. The summed E-state index contributed by atoms with van der Waals surface area (Å²) in [5, 5.41) is 15.6. The van der Waals surface area contributed by atoms with Gasteiger partial charge in [0.05, 0.1) is 51.6 Å². The normalized spacial score (nSPS) is 13.0. The van der Waals surface area contributed by atoms with Crippen LogP contribution >= 0.6 is 0 Å². The summed E-state index contributed by atoms with van der Waals surface area (Å²) in [7, 11) is 0. The molecule has 0 aliphatic carbocycles. The molecule has 734 valence electrons. The zero-order valence-corrected chi connectivity index (χ0v) is 91.0. The van der Waals surface area contributed by atoms with Crippen molar-refractivity contribution in [2.75, 3.05) is 9.80 Å². The smallest absolute Gasteiger partial charge is 0.252 e. The van der Waals surface area contributed by atoms with E-state index in [0.29, 0.717) is 11.3 Å². The van der Waals surface area contributed by atoms with Crippen molar-refractivity contribution in [3.05, 3.63) is 432 Å². The van der Waals surface area contributed by atoms with Gasteiger partial charge in [-0.2, -0.15) is 5.26 Å². The van der Waals surface area contributed by atoms with Crippen molar-refractivity contribution in [2.24, 2.45) is 0 Å². The highest BCUT2D eigenvalue weighted by atomic mass is 15.2. The molecule has 2 aromatic heterocycles. The van der Waals surface area contributed by atoms with E-state index in [2.05, 4.69) is 542 Å². The fourth-order valence-electron chi connectivity index (χ4n) is 22.7. The Kier molecular flexibility index (Phi) is 23.7. The van der Waals surface area contributed by atoms with Gasteiger partial charge in [-0.3, -0.25) is 0 Å². The molecule has 149 heavy (non-hydrogen) atoms. The molecule has 20 aromatic rings. The lowest BCUT2D eigenvalue weighted by molar-refractivity contribution is 0.568. The number of rotatable bonds is 13. The molecule has 0 saturated carbocycles. The molecule has 0 N–H and O–H groups in total. The van der Waals surface area contributed by atoms with Crippen LogP contribution in [0, 0.1) is 17.9 Å². The number of hydrogen-bond donors (Lipinski definition) is 0. The van der Waals surface area contributed by atoms with Crippen LogP contribution in [0.3, 0.4) is 0 Å². The second-order valence-corrected chi connectivity index (χ2v) is 50.2. The molecule has 0 bridgehead atoms. The average Bonchev–Trinajstić information content (AvgIpc) is 1.14. The third-order valence-corrected chi connectivity index (χ3v) is 31.5. The van der Waals surface area contributed by atoms with E-state index in [0.717, 1.165) is 184 Å². The summed E-state index contributed by atoms with van der Waals surface area (Å²) in [4.78, 5) is 9.56. The van der Waals surface area contributed by atoms with E-state index < -0.39 is 6.71 Å². The van der Waals surface area contributed by atoms with Gasteiger partial charge in [0.25, 0.3) is 6.71 Å². The number of fused-ring (bicyclic) bond motifs is 10. The van der Waals surface area contributed by atoms with E-state index in [4.69, 9.17) is 6.57 Å². The Labute approximate surface area is 883 Å². The minimum atomic E-state index is -0.456. The van der Waals surface area contributed by atoms with Crippen molar-refractivity contribution in [3.63, 3.8) is 0 Å². The molecule has 22 rings (SSSR count). The summed E-state index contributed by atoms with van der Waals surface area (Å²) in [5.74, 6) is 0. The predicted octanol–water partition coefficient (Wildman–Crippen LogP) is 37.8. The summed E-state index contributed by atoms with van der Waals surface area (Å²) in [5.41, 5.74) is 44.6. The van der Waals surface area contributed by atoms with E-state index >= 15 is 0 Å². The Morgan fingerprint density at radius 2 is 0.510 bits per heavy atom. The van der Waals surface area contributed by atoms with E-state index in [9.17, 15) is 5.26 Å². The fourth-order valence-corrected chi connectivity index (χ4v) is 22.7. The Morgan fingerprint density at radius 1 is 0.228 bits per heavy atom. The van der Waals surface area contributed by atoms with Crippen LogP contribution in [0.5, 0.6) is 0 Å². The number of aromatic nitrogens is 2. The van der Waals surface area contributed by atoms with Crippen molar-refractivity contribution >= 4 is 107 Å². The lowest BCUT2D eigenvalue weighted by atomic mass is 9.33. The first-order valence-electron chi connectivity index (χ1n) is 53.1. The van der Waals surface area contributed by atoms with Gasteiger partial charge >= 0.3 is 0 Å². The van der Waals surface area contributed by atoms with Gasteiger partial charge < -0.3 is 18.9 Å². The standard InChI is InChI=1S/C142H133BN6/c1-135(2,3)103-53-63-124-118(81-103)119-82-104(136(4,5)6)54-64-125(119)146(124)112-59-61-122-128(85-112)148(133-114(96-45-35-43-94(67-96)89-37-29-26-30-38-89)73-98(92-49-47-88(87-144)48-50-92)75-116(133)101-69-107(139(13,14)15)79-108(70-101)140(16,17)18)130-77-100(91-41-33-28-34-42-91)78-131-132(130)143(122)123-62-60-113(147-126-65-55-105(137(7,8)9)83-120(126)121-84-106(138(10,11)12)56-66-127(121)147)86-129(123)149(131)134-115(97-46-36-44-95(68-97)90-39-31-27-32-40-90)74-99(93-51-57-111(145-25)58-52-93)76-117(134)102-71-109(141(19,20)21)80-110(72-102)142(22,23)24/h26-86H,1-24H3. The molecular weight excluding hydrogens is 1800 g/mol.